The average Bonchev–Trinajstić information content (AvgIpc) is 2.63. The summed E-state index contributed by atoms with van der Waals surface area (Å²) in [6, 6.07) is 4.31. The van der Waals surface area contributed by atoms with E-state index in [9.17, 15) is 9.18 Å². The monoisotopic (exact) mass is 241 g/mol. The number of hydrogen-bond acceptors (Lipinski definition) is 2. The molecule has 1 heterocycles. The zero-order valence-electron chi connectivity index (χ0n) is 8.97. The summed E-state index contributed by atoms with van der Waals surface area (Å²) in [7, 11) is 0. The van der Waals surface area contributed by atoms with Crippen LogP contribution in [-0.4, -0.2) is 18.4 Å². The first-order valence-corrected chi connectivity index (χ1v) is 5.70. The molecule has 1 saturated heterocycles. The standard InChI is InChI=1S/C12H13ClFNO/c1-7-9(4-5-15-7)12(16)10-3-2-8(13)6-11(10)14/h2-3,6-7,9,15H,4-5H2,1H3. The molecule has 0 saturated carbocycles. The molecule has 2 nitrogen and oxygen atoms in total. The van der Waals surface area contributed by atoms with E-state index < -0.39 is 5.82 Å². The van der Waals surface area contributed by atoms with Crippen LogP contribution in [0.3, 0.4) is 0 Å². The molecule has 2 rings (SSSR count). The first-order valence-electron chi connectivity index (χ1n) is 5.32. The normalized spacial score (nSPS) is 24.7. The van der Waals surface area contributed by atoms with E-state index in [1.807, 2.05) is 6.92 Å². The predicted octanol–water partition coefficient (Wildman–Crippen LogP) is 2.66. The molecular formula is C12H13ClFNO. The van der Waals surface area contributed by atoms with Crippen LogP contribution >= 0.6 is 11.6 Å². The van der Waals surface area contributed by atoms with Crippen LogP contribution in [0.2, 0.25) is 5.02 Å². The van der Waals surface area contributed by atoms with E-state index in [0.29, 0.717) is 5.02 Å². The molecule has 1 aliphatic heterocycles. The molecule has 2 unspecified atom stereocenters. The summed E-state index contributed by atoms with van der Waals surface area (Å²) in [6.45, 7) is 2.76. The van der Waals surface area contributed by atoms with Crippen molar-refractivity contribution >= 4 is 17.4 Å². The molecule has 16 heavy (non-hydrogen) atoms. The van der Waals surface area contributed by atoms with Gasteiger partial charge < -0.3 is 5.32 Å². The van der Waals surface area contributed by atoms with Crippen molar-refractivity contribution < 1.29 is 9.18 Å². The zero-order valence-corrected chi connectivity index (χ0v) is 9.72. The highest BCUT2D eigenvalue weighted by molar-refractivity contribution is 6.30. The highest BCUT2D eigenvalue weighted by Gasteiger charge is 2.31. The van der Waals surface area contributed by atoms with Gasteiger partial charge in [0.05, 0.1) is 5.56 Å². The van der Waals surface area contributed by atoms with Gasteiger partial charge in [-0.2, -0.15) is 0 Å². The quantitative estimate of drug-likeness (QED) is 0.807. The van der Waals surface area contributed by atoms with E-state index in [0.717, 1.165) is 13.0 Å². The Morgan fingerprint density at radius 2 is 2.31 bits per heavy atom. The lowest BCUT2D eigenvalue weighted by molar-refractivity contribution is 0.0910. The number of rotatable bonds is 2. The van der Waals surface area contributed by atoms with Crippen molar-refractivity contribution in [1.82, 2.24) is 5.32 Å². The van der Waals surface area contributed by atoms with E-state index in [2.05, 4.69) is 5.32 Å². The van der Waals surface area contributed by atoms with Gasteiger partial charge in [-0.05, 0) is 38.1 Å². The van der Waals surface area contributed by atoms with Crippen LogP contribution in [0.1, 0.15) is 23.7 Å². The number of carbonyl (C=O) groups is 1. The lowest BCUT2D eigenvalue weighted by Crippen LogP contribution is -2.28. The molecule has 0 aromatic heterocycles. The summed E-state index contributed by atoms with van der Waals surface area (Å²) in [5.41, 5.74) is 0.143. The minimum Gasteiger partial charge on any atom is -0.313 e. The van der Waals surface area contributed by atoms with Crippen LogP contribution < -0.4 is 5.32 Å². The fourth-order valence-corrected chi connectivity index (χ4v) is 2.26. The Kier molecular flexibility index (Phi) is 3.26. The largest absolute Gasteiger partial charge is 0.313 e. The van der Waals surface area contributed by atoms with Crippen molar-refractivity contribution in [2.45, 2.75) is 19.4 Å². The maximum Gasteiger partial charge on any atom is 0.170 e. The molecule has 1 aromatic rings. The molecule has 4 heteroatoms. The first kappa shape index (κ1) is 11.6. The van der Waals surface area contributed by atoms with Crippen LogP contribution in [0.15, 0.2) is 18.2 Å². The van der Waals surface area contributed by atoms with Crippen molar-refractivity contribution in [3.63, 3.8) is 0 Å². The van der Waals surface area contributed by atoms with Crippen molar-refractivity contribution in [3.8, 4) is 0 Å². The molecule has 2 atom stereocenters. The van der Waals surface area contributed by atoms with Gasteiger partial charge in [0.1, 0.15) is 5.82 Å². The fourth-order valence-electron chi connectivity index (χ4n) is 2.11. The van der Waals surface area contributed by atoms with E-state index in [4.69, 9.17) is 11.6 Å². The Labute approximate surface area is 98.8 Å². The van der Waals surface area contributed by atoms with Crippen LogP contribution in [-0.2, 0) is 0 Å². The predicted molar refractivity (Wildman–Crippen MR) is 61.3 cm³/mol. The highest BCUT2D eigenvalue weighted by Crippen LogP contribution is 2.23. The smallest absolute Gasteiger partial charge is 0.170 e. The van der Waals surface area contributed by atoms with Crippen LogP contribution in [0.25, 0.3) is 0 Å². The Bertz CT molecular complexity index is 421. The summed E-state index contributed by atoms with van der Waals surface area (Å²) in [5, 5.41) is 3.49. The Hall–Kier alpha value is -0.930. The van der Waals surface area contributed by atoms with Gasteiger partial charge in [0.2, 0.25) is 0 Å². The Morgan fingerprint density at radius 3 is 2.88 bits per heavy atom. The van der Waals surface area contributed by atoms with Gasteiger partial charge in [0, 0.05) is 17.0 Å². The molecular weight excluding hydrogens is 229 g/mol. The molecule has 1 aromatic carbocycles. The number of ketones is 1. The van der Waals surface area contributed by atoms with E-state index in [-0.39, 0.29) is 23.3 Å². The maximum atomic E-state index is 13.6. The number of halogens is 2. The van der Waals surface area contributed by atoms with Gasteiger partial charge in [-0.3, -0.25) is 4.79 Å². The zero-order chi connectivity index (χ0) is 11.7. The van der Waals surface area contributed by atoms with Crippen LogP contribution in [0, 0.1) is 11.7 Å². The number of Topliss-reactive ketones (excluding diaryl/α,β-unsaturated/α-hetero) is 1. The summed E-state index contributed by atoms with van der Waals surface area (Å²) in [5.74, 6) is -0.793. The second-order valence-corrected chi connectivity index (χ2v) is 4.56. The van der Waals surface area contributed by atoms with Crippen LogP contribution in [0.5, 0.6) is 0 Å². The highest BCUT2D eigenvalue weighted by atomic mass is 35.5. The first-order chi connectivity index (χ1) is 7.59. The Balaban J connectivity index is 2.27. The van der Waals surface area contributed by atoms with Crippen molar-refractivity contribution in [3.05, 3.63) is 34.6 Å². The third kappa shape index (κ3) is 2.11. The molecule has 1 aliphatic rings. The number of nitrogens with one attached hydrogen (secondary N) is 1. The van der Waals surface area contributed by atoms with Gasteiger partial charge in [-0.25, -0.2) is 4.39 Å². The van der Waals surface area contributed by atoms with Gasteiger partial charge in [0.15, 0.2) is 5.78 Å². The molecule has 0 radical (unpaired) electrons. The lowest BCUT2D eigenvalue weighted by Gasteiger charge is -2.14. The molecule has 0 amide bonds. The van der Waals surface area contributed by atoms with Gasteiger partial charge in [0.25, 0.3) is 0 Å². The number of carbonyl (C=O) groups excluding carboxylic acids is 1. The van der Waals surface area contributed by atoms with Gasteiger partial charge >= 0.3 is 0 Å². The average molecular weight is 242 g/mol. The molecule has 0 spiro atoms. The maximum absolute atomic E-state index is 13.6. The number of benzene rings is 1. The summed E-state index contributed by atoms with van der Waals surface area (Å²) in [6.07, 6.45) is 0.766. The van der Waals surface area contributed by atoms with Gasteiger partial charge in [-0.1, -0.05) is 11.6 Å². The van der Waals surface area contributed by atoms with E-state index >= 15 is 0 Å². The third-order valence-corrected chi connectivity index (χ3v) is 3.29. The SMILES string of the molecule is CC1NCCC1C(=O)c1ccc(Cl)cc1F. The summed E-state index contributed by atoms with van der Waals surface area (Å²) < 4.78 is 13.6. The molecule has 1 fully saturated rings. The molecule has 86 valence electrons. The van der Waals surface area contributed by atoms with E-state index in [1.54, 1.807) is 6.07 Å². The lowest BCUT2D eigenvalue weighted by atomic mass is 9.92. The van der Waals surface area contributed by atoms with E-state index in [1.165, 1.54) is 12.1 Å². The summed E-state index contributed by atoms with van der Waals surface area (Å²) in [4.78, 5) is 12.1. The van der Waals surface area contributed by atoms with Gasteiger partial charge in [-0.15, -0.1) is 0 Å². The van der Waals surface area contributed by atoms with Crippen LogP contribution in [0.4, 0.5) is 4.39 Å². The van der Waals surface area contributed by atoms with Crippen molar-refractivity contribution in [2.24, 2.45) is 5.92 Å². The molecule has 0 bridgehead atoms. The topological polar surface area (TPSA) is 29.1 Å². The third-order valence-electron chi connectivity index (χ3n) is 3.06. The van der Waals surface area contributed by atoms with Crippen molar-refractivity contribution in [2.75, 3.05) is 6.54 Å². The Morgan fingerprint density at radius 1 is 1.56 bits per heavy atom. The van der Waals surface area contributed by atoms with Crippen molar-refractivity contribution in [1.29, 1.82) is 0 Å². The minimum atomic E-state index is -0.531. The fraction of sp³-hybridized carbons (Fsp3) is 0.417. The molecule has 0 aliphatic carbocycles. The number of hydrogen-bond donors (Lipinski definition) is 1. The molecule has 1 N–H and O–H groups in total. The minimum absolute atomic E-state index is 0.113. The second kappa shape index (κ2) is 4.52. The second-order valence-electron chi connectivity index (χ2n) is 4.13. The summed E-state index contributed by atoms with van der Waals surface area (Å²) >= 11 is 5.65.